The van der Waals surface area contributed by atoms with Gasteiger partial charge in [0.2, 0.25) is 0 Å². The quantitative estimate of drug-likeness (QED) is 0.413. The van der Waals surface area contributed by atoms with Crippen molar-refractivity contribution in [2.24, 2.45) is 12.8 Å². The lowest BCUT2D eigenvalue weighted by Crippen LogP contribution is -2.25. The molecule has 2 aromatic carbocycles. The molecule has 0 saturated heterocycles. The van der Waals surface area contributed by atoms with Crippen molar-refractivity contribution >= 4 is 21.8 Å². The summed E-state index contributed by atoms with van der Waals surface area (Å²) < 4.78 is 44.3. The van der Waals surface area contributed by atoms with E-state index < -0.39 is 12.2 Å². The molecule has 0 fully saturated rings. The predicted molar refractivity (Wildman–Crippen MR) is 117 cm³/mol. The van der Waals surface area contributed by atoms with Crippen LogP contribution in [0.1, 0.15) is 16.4 Å². The highest BCUT2D eigenvalue weighted by Gasteiger charge is 2.43. The normalized spacial score (nSPS) is 14.0. The number of ether oxygens (including phenoxy) is 2. The Morgan fingerprint density at radius 2 is 1.85 bits per heavy atom. The van der Waals surface area contributed by atoms with Crippen LogP contribution in [-0.2, 0) is 7.05 Å². The van der Waals surface area contributed by atoms with E-state index in [2.05, 4.69) is 35.5 Å². The number of nitrogens with zero attached hydrogens (tertiary/aromatic N) is 3. The smallest absolute Gasteiger partial charge is 0.440 e. The number of hydrogen-bond donors (Lipinski definition) is 1. The van der Waals surface area contributed by atoms with Gasteiger partial charge in [0.25, 0.3) is 5.91 Å². The molecule has 0 atom stereocenters. The number of carbonyl (C=O) groups is 1. The molecule has 0 aliphatic carbocycles. The topological polar surface area (TPSA) is 105 Å². The highest BCUT2D eigenvalue weighted by atomic mass is 79.9. The van der Waals surface area contributed by atoms with Crippen LogP contribution >= 0.6 is 15.9 Å². The van der Waals surface area contributed by atoms with Crippen molar-refractivity contribution in [3.05, 3.63) is 58.5 Å². The number of carbonyl (C=O) groups excluding carboxylic acids is 1. The molecular formula is C22H15BrF2N4O4. The molecule has 0 radical (unpaired) electrons. The highest BCUT2D eigenvalue weighted by molar-refractivity contribution is 9.10. The average Bonchev–Trinajstić information content (AvgIpc) is 3.40. The summed E-state index contributed by atoms with van der Waals surface area (Å²) in [5, 5.41) is 4.17. The van der Waals surface area contributed by atoms with E-state index >= 15 is 0 Å². The van der Waals surface area contributed by atoms with E-state index in [4.69, 9.17) is 10.2 Å². The maximum Gasteiger partial charge on any atom is 0.586 e. The van der Waals surface area contributed by atoms with Crippen LogP contribution in [0.2, 0.25) is 0 Å². The van der Waals surface area contributed by atoms with Gasteiger partial charge in [-0.15, -0.1) is 8.78 Å². The molecule has 168 valence electrons. The Bertz CT molecular complexity index is 1430. The second-order valence-corrected chi connectivity index (χ2v) is 8.25. The Morgan fingerprint density at radius 3 is 2.58 bits per heavy atom. The van der Waals surface area contributed by atoms with Gasteiger partial charge < -0.3 is 19.6 Å². The summed E-state index contributed by atoms with van der Waals surface area (Å²) in [6.45, 7) is 1.68. The van der Waals surface area contributed by atoms with Gasteiger partial charge in [-0.3, -0.25) is 9.48 Å². The van der Waals surface area contributed by atoms with Gasteiger partial charge in [-0.25, -0.2) is 4.98 Å². The number of rotatable bonds is 4. The van der Waals surface area contributed by atoms with Crippen molar-refractivity contribution < 1.29 is 27.5 Å². The van der Waals surface area contributed by atoms with Gasteiger partial charge >= 0.3 is 6.29 Å². The van der Waals surface area contributed by atoms with Crippen molar-refractivity contribution in [3.8, 4) is 45.3 Å². The minimum atomic E-state index is -3.72. The predicted octanol–water partition coefficient (Wildman–Crippen LogP) is 4.90. The SMILES string of the molecule is Cc1nc(-c2ccc3c(c2)OC(F)(F)O3)c(-c2cc(Br)ccc2-c2cc(C(N)=O)nn2C)o1. The second kappa shape index (κ2) is 7.41. The third-order valence-corrected chi connectivity index (χ3v) is 5.54. The molecule has 1 amide bonds. The lowest BCUT2D eigenvalue weighted by atomic mass is 9.98. The molecule has 0 spiro atoms. The highest BCUT2D eigenvalue weighted by Crippen LogP contribution is 2.45. The first-order valence-corrected chi connectivity index (χ1v) is 10.4. The monoisotopic (exact) mass is 516 g/mol. The largest absolute Gasteiger partial charge is 0.586 e. The Balaban J connectivity index is 1.68. The summed E-state index contributed by atoms with van der Waals surface area (Å²) >= 11 is 3.48. The van der Waals surface area contributed by atoms with E-state index in [0.29, 0.717) is 39.7 Å². The summed E-state index contributed by atoms with van der Waals surface area (Å²) in [6.07, 6.45) is -3.72. The van der Waals surface area contributed by atoms with Crippen LogP contribution in [0.5, 0.6) is 11.5 Å². The summed E-state index contributed by atoms with van der Waals surface area (Å²) in [5.74, 6) is -0.0456. The number of nitrogens with two attached hydrogens (primary N) is 1. The Kier molecular flexibility index (Phi) is 4.74. The van der Waals surface area contributed by atoms with Crippen LogP contribution in [0.4, 0.5) is 8.78 Å². The van der Waals surface area contributed by atoms with Gasteiger partial charge in [0.1, 0.15) is 5.69 Å². The summed E-state index contributed by atoms with van der Waals surface area (Å²) in [4.78, 5) is 16.1. The first-order valence-electron chi connectivity index (χ1n) is 9.63. The Hall–Kier alpha value is -3.73. The maximum absolute atomic E-state index is 13.5. The van der Waals surface area contributed by atoms with E-state index in [-0.39, 0.29) is 17.2 Å². The Morgan fingerprint density at radius 1 is 1.09 bits per heavy atom. The number of aromatic nitrogens is 3. The zero-order valence-electron chi connectivity index (χ0n) is 17.2. The molecule has 3 heterocycles. The van der Waals surface area contributed by atoms with Gasteiger partial charge in [-0.05, 0) is 36.4 Å². The standard InChI is InChI=1S/C22H15BrF2N4O4/c1-10-27-19(11-3-6-17-18(7-11)33-22(24,25)32-17)20(31-10)14-8-12(23)4-5-13(14)16-9-15(21(26)30)28-29(16)2/h3-9H,1-2H3,(H2,26,30). The van der Waals surface area contributed by atoms with E-state index in [0.717, 1.165) is 4.47 Å². The zero-order valence-corrected chi connectivity index (χ0v) is 18.8. The molecule has 1 aliphatic rings. The van der Waals surface area contributed by atoms with Gasteiger partial charge in [-0.2, -0.15) is 5.10 Å². The van der Waals surface area contributed by atoms with Crippen molar-refractivity contribution in [2.75, 3.05) is 0 Å². The molecular weight excluding hydrogens is 502 g/mol. The van der Waals surface area contributed by atoms with Gasteiger partial charge in [0, 0.05) is 35.1 Å². The summed E-state index contributed by atoms with van der Waals surface area (Å²) in [6, 6.07) is 11.5. The molecule has 4 aromatic rings. The fourth-order valence-electron chi connectivity index (χ4n) is 3.67. The van der Waals surface area contributed by atoms with Crippen molar-refractivity contribution in [1.29, 1.82) is 0 Å². The number of amides is 1. The lowest BCUT2D eigenvalue weighted by molar-refractivity contribution is -0.286. The van der Waals surface area contributed by atoms with Crippen LogP contribution in [0, 0.1) is 6.92 Å². The number of primary amides is 1. The molecule has 0 unspecified atom stereocenters. The third-order valence-electron chi connectivity index (χ3n) is 5.04. The molecule has 1 aliphatic heterocycles. The fraction of sp³-hybridized carbons (Fsp3) is 0.136. The van der Waals surface area contributed by atoms with Crippen LogP contribution < -0.4 is 15.2 Å². The molecule has 2 N–H and O–H groups in total. The number of oxazole rings is 1. The first-order chi connectivity index (χ1) is 15.6. The third kappa shape index (κ3) is 3.74. The number of halogens is 3. The van der Waals surface area contributed by atoms with Gasteiger partial charge in [-0.1, -0.05) is 22.0 Å². The van der Waals surface area contributed by atoms with Gasteiger partial charge in [0.05, 0.1) is 5.69 Å². The van der Waals surface area contributed by atoms with Crippen molar-refractivity contribution in [3.63, 3.8) is 0 Å². The van der Waals surface area contributed by atoms with Crippen LogP contribution in [0.15, 0.2) is 51.4 Å². The molecule has 2 aromatic heterocycles. The van der Waals surface area contributed by atoms with Crippen LogP contribution in [-0.4, -0.2) is 27.0 Å². The molecule has 0 bridgehead atoms. The number of fused-ring (bicyclic) bond motifs is 1. The zero-order chi connectivity index (χ0) is 23.5. The van der Waals surface area contributed by atoms with Crippen molar-refractivity contribution in [2.45, 2.75) is 13.2 Å². The molecule has 33 heavy (non-hydrogen) atoms. The lowest BCUT2D eigenvalue weighted by Gasteiger charge is -2.10. The minimum absolute atomic E-state index is 0.0671. The number of benzene rings is 2. The molecule has 11 heteroatoms. The Labute approximate surface area is 194 Å². The minimum Gasteiger partial charge on any atom is -0.440 e. The number of aryl methyl sites for hydroxylation is 2. The number of alkyl halides is 2. The van der Waals surface area contributed by atoms with E-state index in [1.54, 1.807) is 30.8 Å². The molecule has 0 saturated carbocycles. The average molecular weight is 517 g/mol. The van der Waals surface area contributed by atoms with Gasteiger partial charge in [0.15, 0.2) is 28.8 Å². The maximum atomic E-state index is 13.5. The van der Waals surface area contributed by atoms with E-state index in [1.165, 1.54) is 12.1 Å². The molecule has 5 rings (SSSR count). The summed E-state index contributed by atoms with van der Waals surface area (Å²) in [7, 11) is 1.69. The summed E-state index contributed by atoms with van der Waals surface area (Å²) in [5.41, 5.74) is 8.39. The van der Waals surface area contributed by atoms with Crippen molar-refractivity contribution in [1.82, 2.24) is 14.8 Å². The number of hydrogen-bond acceptors (Lipinski definition) is 6. The van der Waals surface area contributed by atoms with Crippen LogP contribution in [0.3, 0.4) is 0 Å². The second-order valence-electron chi connectivity index (χ2n) is 7.33. The van der Waals surface area contributed by atoms with E-state index in [1.807, 2.05) is 18.2 Å². The first kappa shape index (κ1) is 21.1. The van der Waals surface area contributed by atoms with E-state index in [9.17, 15) is 13.6 Å². The van der Waals surface area contributed by atoms with Crippen LogP contribution in [0.25, 0.3) is 33.8 Å². The fourth-order valence-corrected chi connectivity index (χ4v) is 4.03. The molecule has 8 nitrogen and oxygen atoms in total.